The van der Waals surface area contributed by atoms with Gasteiger partial charge in [-0.1, -0.05) is 28.7 Å². The van der Waals surface area contributed by atoms with E-state index in [4.69, 9.17) is 17.3 Å². The molecule has 0 aliphatic rings. The minimum atomic E-state index is -0.212. The first-order valence-electron chi connectivity index (χ1n) is 5.81. The first-order chi connectivity index (χ1) is 9.69. The van der Waals surface area contributed by atoms with Crippen LogP contribution in [-0.2, 0) is 11.3 Å². The quantitative estimate of drug-likeness (QED) is 0.821. The molecule has 1 amide bonds. The van der Waals surface area contributed by atoms with Gasteiger partial charge in [0.05, 0.1) is 17.8 Å². The Morgan fingerprint density at radius 2 is 2.35 bits per heavy atom. The van der Waals surface area contributed by atoms with Crippen LogP contribution in [0.4, 0.5) is 5.69 Å². The Morgan fingerprint density at radius 1 is 1.50 bits per heavy atom. The van der Waals surface area contributed by atoms with Gasteiger partial charge in [-0.2, -0.15) is 0 Å². The largest absolute Gasteiger partial charge is 0.324 e. The van der Waals surface area contributed by atoms with Crippen molar-refractivity contribution in [2.45, 2.75) is 6.54 Å². The van der Waals surface area contributed by atoms with Crippen molar-refractivity contribution in [2.75, 3.05) is 11.9 Å². The van der Waals surface area contributed by atoms with Crippen LogP contribution in [0.1, 0.15) is 5.56 Å². The van der Waals surface area contributed by atoms with Crippen molar-refractivity contribution < 1.29 is 4.79 Å². The number of benzene rings is 1. The number of carbonyl (C=O) groups excluding carboxylic acids is 1. The van der Waals surface area contributed by atoms with Crippen LogP contribution in [-0.4, -0.2) is 27.4 Å². The van der Waals surface area contributed by atoms with Crippen LogP contribution < -0.4 is 11.1 Å². The van der Waals surface area contributed by atoms with Gasteiger partial charge in [0, 0.05) is 17.4 Å². The number of hydrogen-bond donors (Lipinski definition) is 2. The smallest absolute Gasteiger partial charge is 0.246 e. The lowest BCUT2D eigenvalue weighted by molar-refractivity contribution is -0.116. The van der Waals surface area contributed by atoms with Crippen LogP contribution in [0.5, 0.6) is 0 Å². The van der Waals surface area contributed by atoms with E-state index >= 15 is 0 Å². The lowest BCUT2D eigenvalue weighted by atomic mass is 10.2. The fraction of sp³-hybridized carbons (Fsp3) is 0.154. The second-order valence-electron chi connectivity index (χ2n) is 3.85. The Balaban J connectivity index is 2.07. The van der Waals surface area contributed by atoms with E-state index in [0.717, 1.165) is 0 Å². The van der Waals surface area contributed by atoms with Crippen molar-refractivity contribution in [3.05, 3.63) is 41.2 Å². The molecule has 6 nitrogen and oxygen atoms in total. The van der Waals surface area contributed by atoms with Crippen molar-refractivity contribution in [3.8, 4) is 11.8 Å². The Labute approximate surface area is 120 Å². The van der Waals surface area contributed by atoms with Crippen LogP contribution in [0, 0.1) is 11.8 Å². The van der Waals surface area contributed by atoms with Gasteiger partial charge in [0.25, 0.3) is 0 Å². The second-order valence-corrected chi connectivity index (χ2v) is 4.26. The van der Waals surface area contributed by atoms with Crippen LogP contribution in [0.2, 0.25) is 5.02 Å². The summed E-state index contributed by atoms with van der Waals surface area (Å²) < 4.78 is 1.43. The highest BCUT2D eigenvalue weighted by Crippen LogP contribution is 2.19. The summed E-state index contributed by atoms with van der Waals surface area (Å²) in [6, 6.07) is 5.08. The van der Waals surface area contributed by atoms with Crippen LogP contribution in [0.15, 0.2) is 30.6 Å². The molecule has 102 valence electrons. The van der Waals surface area contributed by atoms with E-state index in [1.165, 1.54) is 10.9 Å². The molecule has 0 saturated heterocycles. The van der Waals surface area contributed by atoms with E-state index in [0.29, 0.717) is 16.3 Å². The number of nitrogens with zero attached hydrogens (tertiary/aromatic N) is 3. The van der Waals surface area contributed by atoms with Gasteiger partial charge < -0.3 is 11.1 Å². The molecule has 0 fully saturated rings. The summed E-state index contributed by atoms with van der Waals surface area (Å²) >= 11 is 6.01. The number of aromatic nitrogens is 3. The van der Waals surface area contributed by atoms with Gasteiger partial charge in [-0.3, -0.25) is 4.79 Å². The van der Waals surface area contributed by atoms with Crippen molar-refractivity contribution in [2.24, 2.45) is 5.73 Å². The average molecular weight is 290 g/mol. The van der Waals surface area contributed by atoms with Gasteiger partial charge in [-0.05, 0) is 18.2 Å². The maximum Gasteiger partial charge on any atom is 0.246 e. The van der Waals surface area contributed by atoms with Crippen LogP contribution in [0.25, 0.3) is 0 Å². The number of anilines is 1. The van der Waals surface area contributed by atoms with Gasteiger partial charge in [-0.25, -0.2) is 4.68 Å². The number of nitrogens with one attached hydrogen (secondary N) is 1. The predicted octanol–water partition coefficient (Wildman–Crippen LogP) is 0.880. The molecule has 0 radical (unpaired) electrons. The molecule has 0 aliphatic heterocycles. The molecule has 1 heterocycles. The maximum absolute atomic E-state index is 11.8. The zero-order valence-corrected chi connectivity index (χ0v) is 11.3. The van der Waals surface area contributed by atoms with Gasteiger partial charge in [0.15, 0.2) is 0 Å². The molecule has 0 unspecified atom stereocenters. The molecule has 0 atom stereocenters. The first-order valence-corrected chi connectivity index (χ1v) is 6.19. The highest BCUT2D eigenvalue weighted by atomic mass is 35.5. The summed E-state index contributed by atoms with van der Waals surface area (Å²) in [7, 11) is 0. The third kappa shape index (κ3) is 3.82. The van der Waals surface area contributed by atoms with E-state index in [1.54, 1.807) is 24.4 Å². The number of hydrogen-bond acceptors (Lipinski definition) is 4. The summed E-state index contributed by atoms with van der Waals surface area (Å²) in [5, 5.41) is 10.6. The van der Waals surface area contributed by atoms with Crippen molar-refractivity contribution >= 4 is 23.2 Å². The summed E-state index contributed by atoms with van der Waals surface area (Å²) in [6.45, 7) is 0.339. The van der Waals surface area contributed by atoms with Gasteiger partial charge in [0.1, 0.15) is 6.54 Å². The van der Waals surface area contributed by atoms with Crippen molar-refractivity contribution in [1.82, 2.24) is 15.0 Å². The van der Waals surface area contributed by atoms with E-state index in [1.807, 2.05) is 0 Å². The Morgan fingerprint density at radius 3 is 3.05 bits per heavy atom. The molecule has 2 aromatic rings. The van der Waals surface area contributed by atoms with Crippen LogP contribution in [0.3, 0.4) is 0 Å². The van der Waals surface area contributed by atoms with Gasteiger partial charge in [0.2, 0.25) is 5.91 Å². The van der Waals surface area contributed by atoms with Crippen molar-refractivity contribution in [3.63, 3.8) is 0 Å². The molecule has 0 aliphatic carbocycles. The molecule has 1 aromatic carbocycles. The lowest BCUT2D eigenvalue weighted by Crippen LogP contribution is -2.19. The molecule has 0 bridgehead atoms. The molecule has 7 heteroatoms. The standard InChI is InChI=1S/C13H12ClN5O/c14-12-4-3-11(8-10(12)2-1-5-15)17-13(20)9-19-7-6-16-18-19/h3-4,6-8H,5,9,15H2,(H,17,20). The van der Waals surface area contributed by atoms with E-state index in [2.05, 4.69) is 27.5 Å². The highest BCUT2D eigenvalue weighted by Gasteiger charge is 2.06. The Bertz CT molecular complexity index is 657. The topological polar surface area (TPSA) is 85.8 Å². The summed E-state index contributed by atoms with van der Waals surface area (Å²) in [5.41, 5.74) is 6.55. The first kappa shape index (κ1) is 14.1. The zero-order chi connectivity index (χ0) is 14.4. The molecular formula is C13H12ClN5O. The number of nitrogens with two attached hydrogens (primary N) is 1. The monoisotopic (exact) mass is 289 g/mol. The number of carbonyl (C=O) groups is 1. The Hall–Kier alpha value is -2.36. The molecule has 0 spiro atoms. The minimum Gasteiger partial charge on any atom is -0.324 e. The number of halogens is 1. The van der Waals surface area contributed by atoms with Gasteiger partial charge >= 0.3 is 0 Å². The summed E-state index contributed by atoms with van der Waals surface area (Å²) in [5.74, 6) is 5.35. The van der Waals surface area contributed by atoms with Crippen molar-refractivity contribution in [1.29, 1.82) is 0 Å². The highest BCUT2D eigenvalue weighted by molar-refractivity contribution is 6.31. The number of amides is 1. The SMILES string of the molecule is NCC#Cc1cc(NC(=O)Cn2ccnn2)ccc1Cl. The summed E-state index contributed by atoms with van der Waals surface area (Å²) in [4.78, 5) is 11.8. The molecule has 20 heavy (non-hydrogen) atoms. The second kappa shape index (κ2) is 6.70. The fourth-order valence-corrected chi connectivity index (χ4v) is 1.67. The maximum atomic E-state index is 11.8. The molecular weight excluding hydrogens is 278 g/mol. The fourth-order valence-electron chi connectivity index (χ4n) is 1.51. The minimum absolute atomic E-state index is 0.0897. The average Bonchev–Trinajstić information content (AvgIpc) is 2.92. The third-order valence-electron chi connectivity index (χ3n) is 2.35. The third-order valence-corrected chi connectivity index (χ3v) is 2.68. The Kier molecular flexibility index (Phi) is 4.71. The predicted molar refractivity (Wildman–Crippen MR) is 76.0 cm³/mol. The van der Waals surface area contributed by atoms with Gasteiger partial charge in [-0.15, -0.1) is 5.10 Å². The molecule has 0 saturated carbocycles. The van der Waals surface area contributed by atoms with E-state index in [-0.39, 0.29) is 19.0 Å². The normalized spacial score (nSPS) is 9.70. The zero-order valence-electron chi connectivity index (χ0n) is 10.5. The molecule has 1 aromatic heterocycles. The summed E-state index contributed by atoms with van der Waals surface area (Å²) in [6.07, 6.45) is 3.12. The van der Waals surface area contributed by atoms with E-state index in [9.17, 15) is 4.79 Å². The van der Waals surface area contributed by atoms with Crippen LogP contribution >= 0.6 is 11.6 Å². The van der Waals surface area contributed by atoms with E-state index < -0.39 is 0 Å². The molecule has 2 rings (SSSR count). The number of rotatable bonds is 3. The lowest BCUT2D eigenvalue weighted by Gasteiger charge is -2.06. The molecule has 3 N–H and O–H groups in total.